The van der Waals surface area contributed by atoms with Crippen molar-refractivity contribution in [2.45, 2.75) is 23.8 Å². The van der Waals surface area contributed by atoms with Crippen molar-refractivity contribution in [3.63, 3.8) is 0 Å². The highest BCUT2D eigenvalue weighted by atomic mass is 32.2. The number of pyridine rings is 1. The van der Waals surface area contributed by atoms with Crippen molar-refractivity contribution >= 4 is 26.9 Å². The first-order valence-electron chi connectivity index (χ1n) is 7.31. The molecule has 0 bridgehead atoms. The van der Waals surface area contributed by atoms with Gasteiger partial charge in [0, 0.05) is 42.3 Å². The third kappa shape index (κ3) is 3.13. The van der Waals surface area contributed by atoms with Gasteiger partial charge in [-0.1, -0.05) is 12.1 Å². The number of benzene rings is 1. The van der Waals surface area contributed by atoms with E-state index in [2.05, 4.69) is 9.71 Å². The van der Waals surface area contributed by atoms with E-state index in [9.17, 15) is 13.2 Å². The largest absolute Gasteiger partial charge is 0.465 e. The van der Waals surface area contributed by atoms with Gasteiger partial charge in [0.25, 0.3) is 0 Å². The second kappa shape index (κ2) is 6.13. The second-order valence-electron chi connectivity index (χ2n) is 5.48. The molecule has 8 heteroatoms. The summed E-state index contributed by atoms with van der Waals surface area (Å²) in [5.74, 6) is 0. The normalized spacial score (nSPS) is 18.4. The average molecular weight is 335 g/mol. The number of sulfonamides is 1. The fourth-order valence-electron chi connectivity index (χ4n) is 2.91. The van der Waals surface area contributed by atoms with E-state index >= 15 is 0 Å². The molecule has 0 radical (unpaired) electrons. The van der Waals surface area contributed by atoms with Crippen LogP contribution in [0.5, 0.6) is 0 Å². The van der Waals surface area contributed by atoms with Crippen LogP contribution < -0.4 is 4.72 Å². The quantitative estimate of drug-likeness (QED) is 0.885. The van der Waals surface area contributed by atoms with Gasteiger partial charge in [-0.2, -0.15) is 0 Å². The molecular weight excluding hydrogens is 318 g/mol. The Morgan fingerprint density at radius 1 is 1.39 bits per heavy atom. The first-order chi connectivity index (χ1) is 11.0. The number of hydrogen-bond donors (Lipinski definition) is 2. The minimum Gasteiger partial charge on any atom is -0.465 e. The van der Waals surface area contributed by atoms with Gasteiger partial charge in [0.05, 0.1) is 4.90 Å². The zero-order valence-corrected chi connectivity index (χ0v) is 13.2. The van der Waals surface area contributed by atoms with E-state index in [1.54, 1.807) is 30.6 Å². The first-order valence-corrected chi connectivity index (χ1v) is 8.79. The molecule has 1 aliphatic rings. The Hall–Kier alpha value is -2.19. The standard InChI is InChI=1S/C15H17N3O4S/c19-15(20)18-8-2-4-12(18)10-17-23(21,22)14-5-1-3-11-9-16-7-6-13(11)14/h1,3,5-7,9,12,17H,2,4,8,10H2,(H,19,20). The van der Waals surface area contributed by atoms with Crippen molar-refractivity contribution in [2.24, 2.45) is 0 Å². The predicted molar refractivity (Wildman–Crippen MR) is 84.7 cm³/mol. The molecule has 3 rings (SSSR count). The molecule has 1 aliphatic heterocycles. The first kappa shape index (κ1) is 15.7. The van der Waals surface area contributed by atoms with Gasteiger partial charge in [-0.15, -0.1) is 0 Å². The molecule has 1 aromatic carbocycles. The van der Waals surface area contributed by atoms with Crippen LogP contribution in [-0.2, 0) is 10.0 Å². The number of carbonyl (C=O) groups is 1. The van der Waals surface area contributed by atoms with Gasteiger partial charge >= 0.3 is 6.09 Å². The Morgan fingerprint density at radius 3 is 3.00 bits per heavy atom. The maximum Gasteiger partial charge on any atom is 0.407 e. The van der Waals surface area contributed by atoms with Crippen molar-refractivity contribution in [3.8, 4) is 0 Å². The van der Waals surface area contributed by atoms with Crippen LogP contribution in [-0.4, -0.2) is 48.6 Å². The van der Waals surface area contributed by atoms with E-state index in [4.69, 9.17) is 5.11 Å². The number of carboxylic acid groups (broad SMARTS) is 1. The van der Waals surface area contributed by atoms with E-state index in [0.29, 0.717) is 18.4 Å². The van der Waals surface area contributed by atoms with Crippen LogP contribution in [0.4, 0.5) is 4.79 Å². The average Bonchev–Trinajstić information content (AvgIpc) is 3.01. The Morgan fingerprint density at radius 2 is 2.22 bits per heavy atom. The molecule has 0 aliphatic carbocycles. The summed E-state index contributed by atoms with van der Waals surface area (Å²) in [6.07, 6.45) is 3.55. The van der Waals surface area contributed by atoms with E-state index in [1.165, 1.54) is 11.0 Å². The monoisotopic (exact) mass is 335 g/mol. The number of aromatic nitrogens is 1. The Labute approximate surface area is 134 Å². The van der Waals surface area contributed by atoms with E-state index in [-0.39, 0.29) is 17.5 Å². The molecule has 1 saturated heterocycles. The van der Waals surface area contributed by atoms with Gasteiger partial charge in [0.2, 0.25) is 10.0 Å². The summed E-state index contributed by atoms with van der Waals surface area (Å²) in [6.45, 7) is 0.526. The molecule has 23 heavy (non-hydrogen) atoms. The molecule has 1 aromatic heterocycles. The van der Waals surface area contributed by atoms with Crippen LogP contribution in [0.25, 0.3) is 10.8 Å². The Bertz CT molecular complexity index is 832. The Balaban J connectivity index is 1.83. The molecule has 1 fully saturated rings. The molecule has 2 N–H and O–H groups in total. The molecule has 0 spiro atoms. The lowest BCUT2D eigenvalue weighted by molar-refractivity contribution is 0.140. The highest BCUT2D eigenvalue weighted by Crippen LogP contribution is 2.22. The van der Waals surface area contributed by atoms with Gasteiger partial charge in [-0.25, -0.2) is 17.9 Å². The summed E-state index contributed by atoms with van der Waals surface area (Å²) < 4.78 is 27.7. The summed E-state index contributed by atoms with van der Waals surface area (Å²) in [7, 11) is -3.72. The van der Waals surface area contributed by atoms with Gasteiger partial charge in [-0.05, 0) is 25.0 Å². The summed E-state index contributed by atoms with van der Waals surface area (Å²) in [6, 6.07) is 6.33. The second-order valence-corrected chi connectivity index (χ2v) is 7.21. The van der Waals surface area contributed by atoms with Crippen LogP contribution >= 0.6 is 0 Å². The van der Waals surface area contributed by atoms with Crippen LogP contribution in [0, 0.1) is 0 Å². The zero-order chi connectivity index (χ0) is 16.4. The molecular formula is C15H17N3O4S. The van der Waals surface area contributed by atoms with E-state index < -0.39 is 16.1 Å². The molecule has 7 nitrogen and oxygen atoms in total. The summed E-state index contributed by atoms with van der Waals surface area (Å²) in [5.41, 5.74) is 0. The van der Waals surface area contributed by atoms with E-state index in [0.717, 1.165) is 11.8 Å². The van der Waals surface area contributed by atoms with Crippen molar-refractivity contribution in [1.82, 2.24) is 14.6 Å². The fourth-order valence-corrected chi connectivity index (χ4v) is 4.21. The lowest BCUT2D eigenvalue weighted by Crippen LogP contribution is -2.42. The zero-order valence-electron chi connectivity index (χ0n) is 12.3. The minimum absolute atomic E-state index is 0.0795. The molecule has 2 aromatic rings. The van der Waals surface area contributed by atoms with Crippen LogP contribution in [0.15, 0.2) is 41.6 Å². The smallest absolute Gasteiger partial charge is 0.407 e. The van der Waals surface area contributed by atoms with Crippen molar-refractivity contribution in [1.29, 1.82) is 0 Å². The molecule has 1 amide bonds. The number of nitrogens with zero attached hydrogens (tertiary/aromatic N) is 2. The van der Waals surface area contributed by atoms with Crippen molar-refractivity contribution < 1.29 is 18.3 Å². The summed E-state index contributed by atoms with van der Waals surface area (Å²) in [5, 5.41) is 10.4. The lowest BCUT2D eigenvalue weighted by Gasteiger charge is -2.21. The summed E-state index contributed by atoms with van der Waals surface area (Å²) >= 11 is 0. The number of likely N-dealkylation sites (tertiary alicyclic amines) is 1. The number of rotatable bonds is 4. The highest BCUT2D eigenvalue weighted by Gasteiger charge is 2.29. The van der Waals surface area contributed by atoms with Gasteiger partial charge in [0.15, 0.2) is 0 Å². The fraction of sp³-hybridized carbons (Fsp3) is 0.333. The lowest BCUT2D eigenvalue weighted by atomic mass is 10.2. The predicted octanol–water partition coefficient (Wildman–Crippen LogP) is 1.66. The van der Waals surface area contributed by atoms with Crippen LogP contribution in [0.3, 0.4) is 0 Å². The number of hydrogen-bond acceptors (Lipinski definition) is 4. The van der Waals surface area contributed by atoms with Gasteiger partial charge in [-0.3, -0.25) is 4.98 Å². The summed E-state index contributed by atoms with van der Waals surface area (Å²) in [4.78, 5) is 16.6. The van der Waals surface area contributed by atoms with E-state index in [1.807, 2.05) is 0 Å². The number of fused-ring (bicyclic) bond motifs is 1. The molecule has 2 heterocycles. The van der Waals surface area contributed by atoms with Crippen molar-refractivity contribution in [2.75, 3.05) is 13.1 Å². The van der Waals surface area contributed by atoms with Crippen LogP contribution in [0.2, 0.25) is 0 Å². The molecule has 0 saturated carbocycles. The number of nitrogens with one attached hydrogen (secondary N) is 1. The molecule has 122 valence electrons. The minimum atomic E-state index is -3.72. The topological polar surface area (TPSA) is 99.6 Å². The van der Waals surface area contributed by atoms with Gasteiger partial charge < -0.3 is 10.0 Å². The third-order valence-electron chi connectivity index (χ3n) is 4.06. The molecule has 1 unspecified atom stereocenters. The number of amides is 1. The van der Waals surface area contributed by atoms with Crippen LogP contribution in [0.1, 0.15) is 12.8 Å². The van der Waals surface area contributed by atoms with Crippen molar-refractivity contribution in [3.05, 3.63) is 36.7 Å². The van der Waals surface area contributed by atoms with Gasteiger partial charge in [0.1, 0.15) is 0 Å². The SMILES string of the molecule is O=C(O)N1CCCC1CNS(=O)(=O)c1cccc2cnccc12. The molecule has 1 atom stereocenters. The Kier molecular flexibility index (Phi) is 4.18. The third-order valence-corrected chi connectivity index (χ3v) is 5.54. The maximum atomic E-state index is 12.6. The highest BCUT2D eigenvalue weighted by molar-refractivity contribution is 7.89. The maximum absolute atomic E-state index is 12.6.